The molecule has 1 aromatic carbocycles. The van der Waals surface area contributed by atoms with Crippen LogP contribution in [-0.2, 0) is 0 Å². The van der Waals surface area contributed by atoms with E-state index in [0.717, 1.165) is 29.1 Å². The van der Waals surface area contributed by atoms with E-state index in [4.69, 9.17) is 4.74 Å². The lowest BCUT2D eigenvalue weighted by molar-refractivity contribution is 0.412. The Bertz CT molecular complexity index is 824. The number of aromatic nitrogens is 3. The minimum Gasteiger partial charge on any atom is -0.495 e. The Kier molecular flexibility index (Phi) is 2.60. The molecule has 21 heavy (non-hydrogen) atoms. The highest BCUT2D eigenvalue weighted by atomic mass is 16.5. The lowest BCUT2D eigenvalue weighted by Gasteiger charge is -2.11. The van der Waals surface area contributed by atoms with Crippen molar-refractivity contribution in [3.05, 3.63) is 53.6 Å². The Labute approximate surface area is 122 Å². The minimum absolute atomic E-state index is 0.241. The van der Waals surface area contributed by atoms with Crippen molar-refractivity contribution < 1.29 is 4.74 Å². The average Bonchev–Trinajstić information content (AvgIpc) is 3.09. The molecular formula is C16H16N4O. The third kappa shape index (κ3) is 1.70. The van der Waals surface area contributed by atoms with Gasteiger partial charge in [0.1, 0.15) is 12.1 Å². The van der Waals surface area contributed by atoms with Gasteiger partial charge in [0.15, 0.2) is 0 Å². The predicted octanol–water partition coefficient (Wildman–Crippen LogP) is 2.60. The molecule has 0 saturated heterocycles. The van der Waals surface area contributed by atoms with Crippen molar-refractivity contribution in [2.75, 3.05) is 19.0 Å². The zero-order valence-corrected chi connectivity index (χ0v) is 12.0. The summed E-state index contributed by atoms with van der Waals surface area (Å²) >= 11 is 0. The summed E-state index contributed by atoms with van der Waals surface area (Å²) in [5.74, 6) is 1.08. The summed E-state index contributed by atoms with van der Waals surface area (Å²) in [4.78, 5) is 4.57. The number of nitrogens with one attached hydrogen (secondary N) is 1. The molecule has 0 fully saturated rings. The second kappa shape index (κ2) is 4.48. The summed E-state index contributed by atoms with van der Waals surface area (Å²) in [5, 5.41) is 7.76. The molecule has 3 aromatic rings. The van der Waals surface area contributed by atoms with E-state index in [0.29, 0.717) is 0 Å². The van der Waals surface area contributed by atoms with Gasteiger partial charge in [0.25, 0.3) is 0 Å². The lowest BCUT2D eigenvalue weighted by Crippen LogP contribution is -2.09. The number of methoxy groups -OCH3 is 1. The smallest absolute Gasteiger partial charge is 0.142 e. The lowest BCUT2D eigenvalue weighted by atomic mass is 9.96. The summed E-state index contributed by atoms with van der Waals surface area (Å²) in [6, 6.07) is 8.39. The summed E-state index contributed by atoms with van der Waals surface area (Å²) in [7, 11) is 1.68. The van der Waals surface area contributed by atoms with E-state index in [9.17, 15) is 0 Å². The van der Waals surface area contributed by atoms with Gasteiger partial charge in [-0.25, -0.2) is 9.50 Å². The van der Waals surface area contributed by atoms with Gasteiger partial charge in [-0.3, -0.25) is 0 Å². The Balaban J connectivity index is 1.94. The molecule has 1 N–H and O–H groups in total. The number of benzene rings is 1. The van der Waals surface area contributed by atoms with Crippen molar-refractivity contribution in [3.63, 3.8) is 0 Å². The van der Waals surface area contributed by atoms with Crippen LogP contribution in [0.4, 0.5) is 5.69 Å². The van der Waals surface area contributed by atoms with E-state index in [1.54, 1.807) is 13.4 Å². The van der Waals surface area contributed by atoms with Gasteiger partial charge in [0, 0.05) is 23.7 Å². The topological polar surface area (TPSA) is 51.5 Å². The third-order valence-corrected chi connectivity index (χ3v) is 4.19. The van der Waals surface area contributed by atoms with Crippen molar-refractivity contribution in [1.29, 1.82) is 0 Å². The van der Waals surface area contributed by atoms with Crippen molar-refractivity contribution >= 4 is 11.2 Å². The highest BCUT2D eigenvalue weighted by molar-refractivity contribution is 5.69. The molecule has 5 heteroatoms. The molecule has 0 spiro atoms. The van der Waals surface area contributed by atoms with Crippen LogP contribution < -0.4 is 10.1 Å². The Morgan fingerprint density at radius 2 is 2.19 bits per heavy atom. The number of hydrogen-bond donors (Lipinski definition) is 1. The highest BCUT2D eigenvalue weighted by Crippen LogP contribution is 2.38. The fraction of sp³-hybridized carbons (Fsp3) is 0.250. The van der Waals surface area contributed by atoms with E-state index in [1.165, 1.54) is 11.3 Å². The summed E-state index contributed by atoms with van der Waals surface area (Å²) < 4.78 is 7.27. The fourth-order valence-corrected chi connectivity index (χ4v) is 3.15. The normalized spacial score (nSPS) is 16.8. The zero-order valence-electron chi connectivity index (χ0n) is 12.0. The summed E-state index contributed by atoms with van der Waals surface area (Å²) in [5.41, 5.74) is 5.65. The number of fused-ring (bicyclic) bond motifs is 2. The standard InChI is InChI=1S/C16H16N4O/c1-10-14(21-2)8-20-16(10)15(18-9-19-20)12-7-17-13-6-4-3-5-11(12)13/h3-6,8-9,12,17H,7H2,1-2H3. The molecule has 0 amide bonds. The Morgan fingerprint density at radius 3 is 3.05 bits per heavy atom. The fourth-order valence-electron chi connectivity index (χ4n) is 3.15. The maximum absolute atomic E-state index is 5.41. The largest absolute Gasteiger partial charge is 0.495 e. The van der Waals surface area contributed by atoms with E-state index in [-0.39, 0.29) is 5.92 Å². The quantitative estimate of drug-likeness (QED) is 0.784. The van der Waals surface area contributed by atoms with Crippen LogP contribution >= 0.6 is 0 Å². The van der Waals surface area contributed by atoms with Crippen molar-refractivity contribution in [2.45, 2.75) is 12.8 Å². The van der Waals surface area contributed by atoms with Crippen molar-refractivity contribution in [3.8, 4) is 5.75 Å². The number of ether oxygens (including phenoxy) is 1. The molecule has 1 aliphatic rings. The number of nitrogens with zero attached hydrogens (tertiary/aromatic N) is 3. The zero-order chi connectivity index (χ0) is 14.4. The van der Waals surface area contributed by atoms with E-state index in [1.807, 2.05) is 10.7 Å². The van der Waals surface area contributed by atoms with Crippen LogP contribution in [0.25, 0.3) is 5.52 Å². The second-order valence-electron chi connectivity index (χ2n) is 5.28. The first-order chi connectivity index (χ1) is 10.3. The molecule has 1 unspecified atom stereocenters. The van der Waals surface area contributed by atoms with Crippen LogP contribution in [0.1, 0.15) is 22.7 Å². The van der Waals surface area contributed by atoms with Crippen LogP contribution in [-0.4, -0.2) is 28.3 Å². The molecule has 1 aliphatic heterocycles. The molecule has 0 bridgehead atoms. The molecule has 5 nitrogen and oxygen atoms in total. The van der Waals surface area contributed by atoms with Crippen LogP contribution in [0.15, 0.2) is 36.8 Å². The minimum atomic E-state index is 0.241. The molecule has 4 rings (SSSR count). The molecule has 3 heterocycles. The average molecular weight is 280 g/mol. The third-order valence-electron chi connectivity index (χ3n) is 4.19. The molecule has 0 radical (unpaired) electrons. The van der Waals surface area contributed by atoms with E-state index < -0.39 is 0 Å². The number of rotatable bonds is 2. The molecular weight excluding hydrogens is 264 g/mol. The van der Waals surface area contributed by atoms with Crippen molar-refractivity contribution in [1.82, 2.24) is 14.6 Å². The van der Waals surface area contributed by atoms with Crippen molar-refractivity contribution in [2.24, 2.45) is 0 Å². The number of aryl methyl sites for hydroxylation is 1. The van der Waals surface area contributed by atoms with Gasteiger partial charge < -0.3 is 10.1 Å². The van der Waals surface area contributed by atoms with Gasteiger partial charge in [-0.15, -0.1) is 0 Å². The van der Waals surface area contributed by atoms with Crippen LogP contribution in [0.3, 0.4) is 0 Å². The van der Waals surface area contributed by atoms with Crippen LogP contribution in [0, 0.1) is 6.92 Å². The van der Waals surface area contributed by atoms with Gasteiger partial charge >= 0.3 is 0 Å². The van der Waals surface area contributed by atoms with Gasteiger partial charge in [0.2, 0.25) is 0 Å². The van der Waals surface area contributed by atoms with Crippen LogP contribution in [0.5, 0.6) is 5.75 Å². The van der Waals surface area contributed by atoms with E-state index in [2.05, 4.69) is 46.6 Å². The first-order valence-electron chi connectivity index (χ1n) is 6.99. The SMILES string of the molecule is COc1cn2ncnc(C3CNc4ccccc43)c2c1C. The van der Waals surface area contributed by atoms with Gasteiger partial charge in [-0.05, 0) is 18.6 Å². The molecule has 106 valence electrons. The molecule has 0 saturated carbocycles. The number of hydrogen-bond acceptors (Lipinski definition) is 4. The Hall–Kier alpha value is -2.56. The second-order valence-corrected chi connectivity index (χ2v) is 5.28. The maximum Gasteiger partial charge on any atom is 0.142 e. The molecule has 2 aromatic heterocycles. The van der Waals surface area contributed by atoms with Gasteiger partial charge in [0.05, 0.1) is 24.5 Å². The molecule has 0 aliphatic carbocycles. The number of para-hydroxylation sites is 1. The summed E-state index contributed by atoms with van der Waals surface area (Å²) in [6.07, 6.45) is 3.52. The maximum atomic E-state index is 5.41. The van der Waals surface area contributed by atoms with Gasteiger partial charge in [-0.2, -0.15) is 5.10 Å². The first-order valence-corrected chi connectivity index (χ1v) is 6.99. The number of anilines is 1. The summed E-state index contributed by atoms with van der Waals surface area (Å²) in [6.45, 7) is 2.91. The first kappa shape index (κ1) is 12.2. The predicted molar refractivity (Wildman–Crippen MR) is 81.1 cm³/mol. The Morgan fingerprint density at radius 1 is 1.33 bits per heavy atom. The monoisotopic (exact) mass is 280 g/mol. The molecule has 1 atom stereocenters. The van der Waals surface area contributed by atoms with E-state index >= 15 is 0 Å². The highest BCUT2D eigenvalue weighted by Gasteiger charge is 2.27. The van der Waals surface area contributed by atoms with Gasteiger partial charge in [-0.1, -0.05) is 18.2 Å². The van der Waals surface area contributed by atoms with Crippen LogP contribution in [0.2, 0.25) is 0 Å².